The van der Waals surface area contributed by atoms with E-state index in [1.807, 2.05) is 41.9 Å². The van der Waals surface area contributed by atoms with Crippen LogP contribution in [0.5, 0.6) is 11.5 Å². The number of hydrogen-bond donors (Lipinski definition) is 0. The quantitative estimate of drug-likeness (QED) is 0.598. The summed E-state index contributed by atoms with van der Waals surface area (Å²) >= 11 is 1.38. The molecule has 2 heterocycles. The average molecular weight is 433 g/mol. The number of thiazole rings is 1. The lowest BCUT2D eigenvalue weighted by Crippen LogP contribution is -2.14. The van der Waals surface area contributed by atoms with Gasteiger partial charge in [-0.3, -0.25) is 4.79 Å². The predicted octanol–water partition coefficient (Wildman–Crippen LogP) is 2.79. The fourth-order valence-corrected chi connectivity index (χ4v) is 5.60. The van der Waals surface area contributed by atoms with Gasteiger partial charge in [0.15, 0.2) is 26.1 Å². The minimum atomic E-state index is -3.26. The highest BCUT2D eigenvalue weighted by Gasteiger charge is 2.17. The van der Waals surface area contributed by atoms with Gasteiger partial charge in [0.05, 0.1) is 21.7 Å². The van der Waals surface area contributed by atoms with Crippen molar-refractivity contribution in [3.8, 4) is 11.5 Å². The van der Waals surface area contributed by atoms with Crippen molar-refractivity contribution < 1.29 is 22.7 Å². The van der Waals surface area contributed by atoms with E-state index < -0.39 is 9.84 Å². The van der Waals surface area contributed by atoms with E-state index in [-0.39, 0.29) is 37.0 Å². The Morgan fingerprint density at radius 3 is 2.66 bits per heavy atom. The summed E-state index contributed by atoms with van der Waals surface area (Å²) in [6.45, 7) is 0.208. The third-order valence-electron chi connectivity index (χ3n) is 4.60. The lowest BCUT2D eigenvalue weighted by molar-refractivity contribution is -0.118. The number of rotatable bonds is 6. The Balaban J connectivity index is 1.41. The molecule has 0 bridgehead atoms. The second-order valence-corrected chi connectivity index (χ2v) is 10.00. The van der Waals surface area contributed by atoms with Crippen molar-refractivity contribution in [1.29, 1.82) is 0 Å². The van der Waals surface area contributed by atoms with Gasteiger partial charge < -0.3 is 14.0 Å². The maximum Gasteiger partial charge on any atom is 0.248 e. The first-order valence-electron chi connectivity index (χ1n) is 9.12. The van der Waals surface area contributed by atoms with Crippen LogP contribution in [-0.2, 0) is 27.4 Å². The average Bonchev–Trinajstić information content (AvgIpc) is 3.24. The molecule has 0 saturated heterocycles. The molecule has 4 rings (SSSR count). The van der Waals surface area contributed by atoms with E-state index in [2.05, 4.69) is 4.99 Å². The molecule has 0 N–H and O–H groups in total. The summed E-state index contributed by atoms with van der Waals surface area (Å²) in [5, 5.41) is 0. The van der Waals surface area contributed by atoms with Gasteiger partial charge in [-0.25, -0.2) is 8.42 Å². The Bertz CT molecular complexity index is 1230. The number of carbonyl (C=O) groups is 1. The van der Waals surface area contributed by atoms with Gasteiger partial charge in [-0.15, -0.1) is 0 Å². The van der Waals surface area contributed by atoms with Gasteiger partial charge in [0.1, 0.15) is 0 Å². The van der Waals surface area contributed by atoms with Crippen LogP contribution < -0.4 is 14.3 Å². The number of benzene rings is 2. The lowest BCUT2D eigenvalue weighted by atomic mass is 10.2. The zero-order chi connectivity index (χ0) is 20.4. The minimum Gasteiger partial charge on any atom is -0.454 e. The molecule has 0 fully saturated rings. The number of aromatic nitrogens is 1. The van der Waals surface area contributed by atoms with Crippen molar-refractivity contribution in [3.05, 3.63) is 52.8 Å². The van der Waals surface area contributed by atoms with Crippen LogP contribution in [0.25, 0.3) is 10.2 Å². The van der Waals surface area contributed by atoms with Crippen LogP contribution in [0.1, 0.15) is 18.4 Å². The number of ether oxygens (including phenoxy) is 2. The molecule has 152 valence electrons. The fraction of sp³-hybridized carbons (Fsp3) is 0.300. The first kappa shape index (κ1) is 19.7. The number of nitrogens with zero attached hydrogens (tertiary/aromatic N) is 2. The normalized spacial score (nSPS) is 13.9. The molecular weight excluding hydrogens is 412 g/mol. The highest BCUT2D eigenvalue weighted by molar-refractivity contribution is 7.90. The zero-order valence-electron chi connectivity index (χ0n) is 15.8. The summed E-state index contributed by atoms with van der Waals surface area (Å²) in [6, 6.07) is 12.8. The summed E-state index contributed by atoms with van der Waals surface area (Å²) in [4.78, 5) is 17.0. The highest BCUT2D eigenvalue weighted by Crippen LogP contribution is 2.36. The van der Waals surface area contributed by atoms with Gasteiger partial charge in [-0.05, 0) is 12.0 Å². The fourth-order valence-electron chi connectivity index (χ4n) is 3.13. The smallest absolute Gasteiger partial charge is 0.248 e. The van der Waals surface area contributed by atoms with E-state index in [4.69, 9.17) is 9.47 Å². The third-order valence-corrected chi connectivity index (χ3v) is 7.38. The Labute approximate surface area is 172 Å². The van der Waals surface area contributed by atoms with Crippen molar-refractivity contribution in [3.63, 3.8) is 0 Å². The summed E-state index contributed by atoms with van der Waals surface area (Å²) in [7, 11) is -1.43. The molecule has 0 spiro atoms. The first-order chi connectivity index (χ1) is 13.9. The van der Waals surface area contributed by atoms with Crippen LogP contribution >= 0.6 is 11.3 Å². The van der Waals surface area contributed by atoms with E-state index >= 15 is 0 Å². The van der Waals surface area contributed by atoms with Gasteiger partial charge in [0, 0.05) is 25.6 Å². The zero-order valence-corrected chi connectivity index (χ0v) is 17.5. The molecule has 2 aromatic carbocycles. The number of aryl methyl sites for hydroxylation is 1. The molecule has 0 radical (unpaired) electrons. The van der Waals surface area contributed by atoms with Crippen molar-refractivity contribution >= 4 is 37.3 Å². The molecular formula is C20H20N2O5S2. The van der Waals surface area contributed by atoms with Gasteiger partial charge >= 0.3 is 0 Å². The van der Waals surface area contributed by atoms with Crippen LogP contribution in [0.4, 0.5) is 0 Å². The molecule has 1 aliphatic rings. The Morgan fingerprint density at radius 1 is 1.17 bits per heavy atom. The molecule has 3 aromatic rings. The van der Waals surface area contributed by atoms with Gasteiger partial charge in [-0.1, -0.05) is 41.7 Å². The minimum absolute atomic E-state index is 0.0146. The number of amides is 1. The van der Waals surface area contributed by atoms with Crippen molar-refractivity contribution in [1.82, 2.24) is 4.57 Å². The van der Waals surface area contributed by atoms with Gasteiger partial charge in [0.25, 0.3) is 0 Å². The molecule has 1 amide bonds. The van der Waals surface area contributed by atoms with E-state index in [0.717, 1.165) is 15.8 Å². The van der Waals surface area contributed by atoms with Gasteiger partial charge in [-0.2, -0.15) is 4.99 Å². The summed E-state index contributed by atoms with van der Waals surface area (Å²) < 4.78 is 38.0. The number of carbonyl (C=O) groups excluding carboxylic acids is 1. The van der Waals surface area contributed by atoms with E-state index in [9.17, 15) is 13.2 Å². The molecule has 29 heavy (non-hydrogen) atoms. The van der Waals surface area contributed by atoms with E-state index in [1.54, 1.807) is 12.1 Å². The number of sulfone groups is 1. The summed E-state index contributed by atoms with van der Waals surface area (Å²) in [5.41, 5.74) is 1.65. The molecule has 9 heteroatoms. The number of hydrogen-bond acceptors (Lipinski definition) is 6. The SMILES string of the molecule is Cn1c(=NC(=O)CCCS(=O)(=O)Cc2ccccc2)sc2cc3c(cc21)OCO3. The van der Waals surface area contributed by atoms with Crippen LogP contribution in [0.15, 0.2) is 47.5 Å². The molecule has 1 aromatic heterocycles. The van der Waals surface area contributed by atoms with Crippen molar-refractivity contribution in [2.75, 3.05) is 12.5 Å². The largest absolute Gasteiger partial charge is 0.454 e. The maximum atomic E-state index is 12.3. The second kappa shape index (κ2) is 8.00. The monoisotopic (exact) mass is 432 g/mol. The second-order valence-electron chi connectivity index (χ2n) is 6.80. The molecule has 0 saturated carbocycles. The van der Waals surface area contributed by atoms with E-state index in [0.29, 0.717) is 16.3 Å². The molecule has 0 unspecified atom stereocenters. The highest BCUT2D eigenvalue weighted by atomic mass is 32.2. The number of fused-ring (bicyclic) bond motifs is 2. The molecule has 0 atom stereocenters. The lowest BCUT2D eigenvalue weighted by Gasteiger charge is -2.03. The molecule has 7 nitrogen and oxygen atoms in total. The first-order valence-corrected chi connectivity index (χ1v) is 11.8. The molecule has 0 aliphatic carbocycles. The third kappa shape index (κ3) is 4.51. The summed E-state index contributed by atoms with van der Waals surface area (Å²) in [6.07, 6.45) is 0.340. The van der Waals surface area contributed by atoms with Crippen LogP contribution in [0, 0.1) is 0 Å². The standard InChI is InChI=1S/C20H20N2O5S2/c1-22-15-10-16-17(27-13-26-16)11-18(15)28-20(22)21-19(23)8-5-9-29(24,25)12-14-6-3-2-4-7-14/h2-4,6-7,10-11H,5,8-9,12-13H2,1H3. The Kier molecular flexibility index (Phi) is 5.42. The van der Waals surface area contributed by atoms with E-state index in [1.165, 1.54) is 11.3 Å². The topological polar surface area (TPSA) is 87.0 Å². The summed E-state index contributed by atoms with van der Waals surface area (Å²) in [5.74, 6) is 0.970. The van der Waals surface area contributed by atoms with Gasteiger partial charge in [0.2, 0.25) is 12.7 Å². The van der Waals surface area contributed by atoms with Crippen molar-refractivity contribution in [2.45, 2.75) is 18.6 Å². The molecule has 1 aliphatic heterocycles. The Hall–Kier alpha value is -2.65. The van der Waals surface area contributed by atoms with Crippen LogP contribution in [0.3, 0.4) is 0 Å². The van der Waals surface area contributed by atoms with Crippen molar-refractivity contribution in [2.24, 2.45) is 12.0 Å². The predicted molar refractivity (Wildman–Crippen MR) is 111 cm³/mol. The van der Waals surface area contributed by atoms with Crippen LogP contribution in [0.2, 0.25) is 0 Å². The Morgan fingerprint density at radius 2 is 1.90 bits per heavy atom. The maximum absolute atomic E-state index is 12.3. The van der Waals surface area contributed by atoms with Crippen LogP contribution in [-0.4, -0.2) is 31.4 Å².